The Bertz CT molecular complexity index is 857. The first-order valence-corrected chi connectivity index (χ1v) is 6.03. The summed E-state index contributed by atoms with van der Waals surface area (Å²) in [6.07, 6.45) is 1.63. The average Bonchev–Trinajstić information content (AvgIpc) is 2.84. The zero-order valence-corrected chi connectivity index (χ0v) is 10.6. The Hall–Kier alpha value is -3.09. The van der Waals surface area contributed by atoms with E-state index in [0.717, 1.165) is 0 Å². The second-order valence-corrected chi connectivity index (χ2v) is 4.20. The van der Waals surface area contributed by atoms with Crippen LogP contribution in [0.4, 0.5) is 15.9 Å². The topological polar surface area (TPSA) is 79.3 Å². The molecule has 0 saturated heterocycles. The molecule has 7 heteroatoms. The summed E-state index contributed by atoms with van der Waals surface area (Å²) in [5.74, 6) is -1.56. The lowest BCUT2D eigenvalue weighted by Gasteiger charge is -1.96. The molecule has 1 N–H and O–H groups in total. The molecule has 0 atom stereocenters. The van der Waals surface area contributed by atoms with E-state index in [1.807, 2.05) is 0 Å². The Morgan fingerprint density at radius 3 is 2.81 bits per heavy atom. The Kier molecular flexibility index (Phi) is 3.15. The molecular weight excluding hydrogens is 275 g/mol. The van der Waals surface area contributed by atoms with Crippen LogP contribution in [-0.2, 0) is 0 Å². The minimum absolute atomic E-state index is 0.0855. The molecule has 6 nitrogen and oxygen atoms in total. The molecule has 0 fully saturated rings. The van der Waals surface area contributed by atoms with Gasteiger partial charge in [-0.3, -0.25) is 4.40 Å². The van der Waals surface area contributed by atoms with Crippen LogP contribution in [0, 0.1) is 5.82 Å². The fraction of sp³-hybridized carbons (Fsp3) is 0. The summed E-state index contributed by atoms with van der Waals surface area (Å²) < 4.78 is 14.6. The number of hydrogen-bond acceptors (Lipinski definition) is 4. The Morgan fingerprint density at radius 2 is 2.05 bits per heavy atom. The van der Waals surface area contributed by atoms with Gasteiger partial charge in [0.25, 0.3) is 0 Å². The minimum atomic E-state index is -1.20. The SMILES string of the molecule is O=C(O)c1nc2ccccn2c1N=Nc1cccc(F)c1. The van der Waals surface area contributed by atoms with Gasteiger partial charge in [0.05, 0.1) is 5.69 Å². The lowest BCUT2D eigenvalue weighted by molar-refractivity contribution is 0.0692. The molecule has 1 aromatic carbocycles. The van der Waals surface area contributed by atoms with Crippen molar-refractivity contribution in [1.82, 2.24) is 9.38 Å². The number of halogens is 1. The monoisotopic (exact) mass is 284 g/mol. The Balaban J connectivity index is 2.11. The molecule has 0 unspecified atom stereocenters. The van der Waals surface area contributed by atoms with Crippen molar-refractivity contribution in [3.05, 3.63) is 60.2 Å². The fourth-order valence-electron chi connectivity index (χ4n) is 1.87. The lowest BCUT2D eigenvalue weighted by atomic mass is 10.3. The number of benzene rings is 1. The van der Waals surface area contributed by atoms with Crippen molar-refractivity contribution in [1.29, 1.82) is 0 Å². The molecule has 0 aliphatic carbocycles. The van der Waals surface area contributed by atoms with Gasteiger partial charge in [-0.2, -0.15) is 0 Å². The largest absolute Gasteiger partial charge is 0.476 e. The van der Waals surface area contributed by atoms with Crippen molar-refractivity contribution in [2.24, 2.45) is 10.2 Å². The fourth-order valence-corrected chi connectivity index (χ4v) is 1.87. The molecular formula is C14H9FN4O2. The summed E-state index contributed by atoms with van der Waals surface area (Å²) in [7, 11) is 0. The van der Waals surface area contributed by atoms with E-state index in [1.165, 1.54) is 22.6 Å². The van der Waals surface area contributed by atoms with Crippen LogP contribution in [0.5, 0.6) is 0 Å². The van der Waals surface area contributed by atoms with Crippen molar-refractivity contribution in [2.75, 3.05) is 0 Å². The summed E-state index contributed by atoms with van der Waals surface area (Å²) in [5.41, 5.74) is 0.529. The van der Waals surface area contributed by atoms with Crippen LogP contribution in [0.25, 0.3) is 5.65 Å². The first kappa shape index (κ1) is 12.9. The summed E-state index contributed by atoms with van der Waals surface area (Å²) >= 11 is 0. The van der Waals surface area contributed by atoms with Gasteiger partial charge in [-0.15, -0.1) is 10.2 Å². The zero-order chi connectivity index (χ0) is 14.8. The Labute approximate surface area is 118 Å². The maximum atomic E-state index is 13.1. The third-order valence-corrected chi connectivity index (χ3v) is 2.78. The molecule has 0 amide bonds. The number of imidazole rings is 1. The van der Waals surface area contributed by atoms with Gasteiger partial charge in [0.15, 0.2) is 11.5 Å². The van der Waals surface area contributed by atoms with Crippen molar-refractivity contribution in [3.8, 4) is 0 Å². The number of aromatic carboxylic acids is 1. The van der Waals surface area contributed by atoms with Crippen molar-refractivity contribution >= 4 is 23.1 Å². The van der Waals surface area contributed by atoms with Crippen LogP contribution in [0.2, 0.25) is 0 Å². The van der Waals surface area contributed by atoms with E-state index in [9.17, 15) is 14.3 Å². The highest BCUT2D eigenvalue weighted by Crippen LogP contribution is 2.24. The third-order valence-electron chi connectivity index (χ3n) is 2.78. The van der Waals surface area contributed by atoms with Gasteiger partial charge in [-0.25, -0.2) is 14.2 Å². The predicted molar refractivity (Wildman–Crippen MR) is 72.7 cm³/mol. The summed E-state index contributed by atoms with van der Waals surface area (Å²) in [6.45, 7) is 0. The quantitative estimate of drug-likeness (QED) is 0.746. The van der Waals surface area contributed by atoms with Crippen molar-refractivity contribution < 1.29 is 14.3 Å². The number of pyridine rings is 1. The zero-order valence-electron chi connectivity index (χ0n) is 10.6. The summed E-state index contributed by atoms with van der Waals surface area (Å²) in [4.78, 5) is 15.2. The van der Waals surface area contributed by atoms with Gasteiger partial charge < -0.3 is 5.11 Å². The molecule has 0 radical (unpaired) electrons. The number of rotatable bonds is 3. The number of fused-ring (bicyclic) bond motifs is 1. The molecule has 0 aliphatic heterocycles. The standard InChI is InChI=1S/C14H9FN4O2/c15-9-4-3-5-10(8-9)17-18-13-12(14(20)21)16-11-6-1-2-7-19(11)13/h1-8H,(H,20,21). The van der Waals surface area contributed by atoms with Gasteiger partial charge in [-0.1, -0.05) is 12.1 Å². The number of carboxylic acids is 1. The van der Waals surface area contributed by atoms with Crippen molar-refractivity contribution in [2.45, 2.75) is 0 Å². The molecule has 0 bridgehead atoms. The van der Waals surface area contributed by atoms with E-state index < -0.39 is 11.8 Å². The van der Waals surface area contributed by atoms with Crippen LogP contribution < -0.4 is 0 Å². The maximum absolute atomic E-state index is 13.1. The molecule has 21 heavy (non-hydrogen) atoms. The Morgan fingerprint density at radius 1 is 1.19 bits per heavy atom. The predicted octanol–water partition coefficient (Wildman–Crippen LogP) is 3.59. The smallest absolute Gasteiger partial charge is 0.358 e. The number of aromatic nitrogens is 2. The second-order valence-electron chi connectivity index (χ2n) is 4.20. The minimum Gasteiger partial charge on any atom is -0.476 e. The van der Waals surface area contributed by atoms with Gasteiger partial charge in [0.1, 0.15) is 11.5 Å². The third kappa shape index (κ3) is 2.48. The molecule has 104 valence electrons. The van der Waals surface area contributed by atoms with Crippen LogP contribution in [-0.4, -0.2) is 20.5 Å². The molecule has 3 rings (SSSR count). The van der Waals surface area contributed by atoms with E-state index in [2.05, 4.69) is 15.2 Å². The van der Waals surface area contributed by atoms with E-state index >= 15 is 0 Å². The average molecular weight is 284 g/mol. The summed E-state index contributed by atoms with van der Waals surface area (Å²) in [6, 6.07) is 10.7. The molecule has 2 aromatic heterocycles. The van der Waals surface area contributed by atoms with Crippen LogP contribution in [0.15, 0.2) is 58.9 Å². The number of azo groups is 1. The molecule has 0 aliphatic rings. The van der Waals surface area contributed by atoms with Gasteiger partial charge in [-0.05, 0) is 24.3 Å². The highest BCUT2D eigenvalue weighted by atomic mass is 19.1. The normalized spacial score (nSPS) is 11.3. The number of nitrogens with zero attached hydrogens (tertiary/aromatic N) is 4. The van der Waals surface area contributed by atoms with E-state index in [-0.39, 0.29) is 17.2 Å². The van der Waals surface area contributed by atoms with E-state index in [4.69, 9.17) is 0 Å². The van der Waals surface area contributed by atoms with E-state index in [1.54, 1.807) is 30.5 Å². The van der Waals surface area contributed by atoms with Gasteiger partial charge in [0, 0.05) is 12.3 Å². The molecule has 2 heterocycles. The van der Waals surface area contributed by atoms with E-state index in [0.29, 0.717) is 5.65 Å². The first-order valence-electron chi connectivity index (χ1n) is 6.03. The van der Waals surface area contributed by atoms with Crippen LogP contribution in [0.1, 0.15) is 10.5 Å². The summed E-state index contributed by atoms with van der Waals surface area (Å²) in [5, 5.41) is 16.9. The lowest BCUT2D eigenvalue weighted by Crippen LogP contribution is -1.96. The van der Waals surface area contributed by atoms with Gasteiger partial charge in [0.2, 0.25) is 0 Å². The first-order chi connectivity index (χ1) is 10.1. The second kappa shape index (κ2) is 5.12. The molecule has 3 aromatic rings. The number of carbonyl (C=O) groups is 1. The molecule has 0 saturated carbocycles. The van der Waals surface area contributed by atoms with Crippen LogP contribution >= 0.6 is 0 Å². The number of hydrogen-bond donors (Lipinski definition) is 1. The molecule has 0 spiro atoms. The maximum Gasteiger partial charge on any atom is 0.358 e. The highest BCUT2D eigenvalue weighted by Gasteiger charge is 2.17. The van der Waals surface area contributed by atoms with Crippen LogP contribution in [0.3, 0.4) is 0 Å². The number of carboxylic acid groups (broad SMARTS) is 1. The van der Waals surface area contributed by atoms with Gasteiger partial charge >= 0.3 is 5.97 Å². The van der Waals surface area contributed by atoms with Crippen molar-refractivity contribution in [3.63, 3.8) is 0 Å². The highest BCUT2D eigenvalue weighted by molar-refractivity contribution is 5.91.